The predicted molar refractivity (Wildman–Crippen MR) is 119 cm³/mol. The molecule has 1 aromatic carbocycles. The van der Waals surface area contributed by atoms with Crippen LogP contribution in [0.4, 0.5) is 11.4 Å². The summed E-state index contributed by atoms with van der Waals surface area (Å²) in [5.41, 5.74) is 11.5. The molecule has 2 aromatic rings. The van der Waals surface area contributed by atoms with Crippen LogP contribution >= 0.6 is 11.5 Å². The van der Waals surface area contributed by atoms with Gasteiger partial charge >= 0.3 is 0 Å². The minimum absolute atomic E-state index is 0.0590. The maximum atomic E-state index is 13.6. The molecule has 3 amide bonds. The van der Waals surface area contributed by atoms with Crippen LogP contribution in [-0.2, 0) is 4.79 Å². The lowest BCUT2D eigenvalue weighted by Crippen LogP contribution is -2.51. The molecule has 166 valence electrons. The van der Waals surface area contributed by atoms with Crippen LogP contribution in [0.15, 0.2) is 24.3 Å². The van der Waals surface area contributed by atoms with E-state index in [1.807, 2.05) is 6.92 Å². The Morgan fingerprint density at radius 3 is 2.61 bits per heavy atom. The van der Waals surface area contributed by atoms with Crippen molar-refractivity contribution in [2.75, 3.05) is 17.7 Å². The van der Waals surface area contributed by atoms with Crippen molar-refractivity contribution in [2.45, 2.75) is 51.1 Å². The topological polar surface area (TPSA) is 141 Å². The van der Waals surface area contributed by atoms with E-state index in [1.54, 1.807) is 24.3 Å². The van der Waals surface area contributed by atoms with Crippen molar-refractivity contribution in [1.82, 2.24) is 9.69 Å². The third kappa shape index (κ3) is 4.79. The van der Waals surface area contributed by atoms with Gasteiger partial charge < -0.3 is 21.5 Å². The van der Waals surface area contributed by atoms with Crippen LogP contribution in [0.5, 0.6) is 5.75 Å². The molecule has 1 aliphatic rings. The summed E-state index contributed by atoms with van der Waals surface area (Å²) in [5.74, 6) is -1.03. The zero-order valence-corrected chi connectivity index (χ0v) is 18.4. The number of ether oxygens (including phenoxy) is 1. The zero-order valence-electron chi connectivity index (χ0n) is 17.6. The van der Waals surface area contributed by atoms with Crippen LogP contribution in [0.3, 0.4) is 0 Å². The maximum Gasteiger partial charge on any atom is 0.272 e. The van der Waals surface area contributed by atoms with Gasteiger partial charge in [-0.25, -0.2) is 0 Å². The van der Waals surface area contributed by atoms with E-state index in [2.05, 4.69) is 9.69 Å². The number of rotatable bonds is 8. The summed E-state index contributed by atoms with van der Waals surface area (Å²) < 4.78 is 9.23. The predicted octanol–water partition coefficient (Wildman–Crippen LogP) is 2.32. The van der Waals surface area contributed by atoms with Crippen molar-refractivity contribution in [1.29, 1.82) is 0 Å². The molecule has 3 rings (SSSR count). The number of carbonyl (C=O) groups is 3. The molecular formula is C21H27N5O4S. The van der Waals surface area contributed by atoms with Gasteiger partial charge in [0.2, 0.25) is 5.91 Å². The van der Waals surface area contributed by atoms with E-state index in [-0.39, 0.29) is 28.2 Å². The first kappa shape index (κ1) is 22.5. The molecule has 9 nitrogen and oxygen atoms in total. The summed E-state index contributed by atoms with van der Waals surface area (Å²) in [6, 6.07) is 6.21. The number of nitrogens with zero attached hydrogens (tertiary/aromatic N) is 2. The van der Waals surface area contributed by atoms with E-state index in [9.17, 15) is 14.4 Å². The summed E-state index contributed by atoms with van der Waals surface area (Å²) in [5, 5.41) is 3.07. The Bertz CT molecular complexity index is 970. The van der Waals surface area contributed by atoms with Crippen molar-refractivity contribution in [3.8, 4) is 5.75 Å². The molecule has 1 fully saturated rings. The number of aromatic nitrogens is 1. The van der Waals surface area contributed by atoms with Crippen LogP contribution in [0, 0.1) is 0 Å². The highest BCUT2D eigenvalue weighted by Crippen LogP contribution is 2.30. The van der Waals surface area contributed by atoms with Gasteiger partial charge in [-0.1, -0.05) is 25.8 Å². The highest BCUT2D eigenvalue weighted by Gasteiger charge is 2.35. The standard InChI is InChI=1S/C21H27N5O4S/c1-3-15(20(28)24-12-7-4-5-8-12)26(13-9-6-10-14(11-13)30-2)21(29)18-16(22)17(19(23)27)25-31-18/h6,9-12,15H,3-5,7-8,22H2,1-2H3,(H2,23,27)(H,24,28)/t15-/m0/s1. The number of hydrogen-bond donors (Lipinski definition) is 3. The molecule has 0 radical (unpaired) electrons. The first-order chi connectivity index (χ1) is 14.9. The van der Waals surface area contributed by atoms with Crippen molar-refractivity contribution in [2.24, 2.45) is 5.73 Å². The summed E-state index contributed by atoms with van der Waals surface area (Å²) >= 11 is 0.788. The van der Waals surface area contributed by atoms with E-state index in [0.717, 1.165) is 37.2 Å². The van der Waals surface area contributed by atoms with Crippen LogP contribution in [0.25, 0.3) is 0 Å². The average Bonchev–Trinajstić information content (AvgIpc) is 3.40. The second-order valence-corrected chi connectivity index (χ2v) is 8.20. The highest BCUT2D eigenvalue weighted by atomic mass is 32.1. The van der Waals surface area contributed by atoms with Gasteiger partial charge in [0.15, 0.2) is 5.69 Å². The number of nitrogens with two attached hydrogens (primary N) is 2. The largest absolute Gasteiger partial charge is 0.497 e. The molecule has 1 heterocycles. The number of carbonyl (C=O) groups excluding carboxylic acids is 3. The number of primary amides is 1. The van der Waals surface area contributed by atoms with Gasteiger partial charge in [0.25, 0.3) is 11.8 Å². The van der Waals surface area contributed by atoms with Crippen LogP contribution in [0.2, 0.25) is 0 Å². The smallest absolute Gasteiger partial charge is 0.272 e. The first-order valence-corrected chi connectivity index (χ1v) is 11.0. The minimum Gasteiger partial charge on any atom is -0.497 e. The first-order valence-electron chi connectivity index (χ1n) is 10.2. The number of methoxy groups -OCH3 is 1. The van der Waals surface area contributed by atoms with E-state index in [0.29, 0.717) is 17.9 Å². The molecule has 0 unspecified atom stereocenters. The summed E-state index contributed by atoms with van der Waals surface area (Å²) in [6.07, 6.45) is 4.39. The number of benzene rings is 1. The third-order valence-corrected chi connectivity index (χ3v) is 6.26. The molecule has 1 aliphatic carbocycles. The summed E-state index contributed by atoms with van der Waals surface area (Å²) in [6.45, 7) is 1.84. The molecule has 1 saturated carbocycles. The quantitative estimate of drug-likeness (QED) is 0.569. The molecule has 31 heavy (non-hydrogen) atoms. The Morgan fingerprint density at radius 1 is 1.32 bits per heavy atom. The van der Waals surface area contributed by atoms with Gasteiger partial charge in [-0.3, -0.25) is 19.3 Å². The van der Waals surface area contributed by atoms with Crippen LogP contribution in [0.1, 0.15) is 59.2 Å². The lowest BCUT2D eigenvalue weighted by Gasteiger charge is -2.31. The second-order valence-electron chi connectivity index (χ2n) is 7.43. The van der Waals surface area contributed by atoms with Gasteiger partial charge in [0.1, 0.15) is 16.7 Å². The molecule has 0 aliphatic heterocycles. The van der Waals surface area contributed by atoms with Crippen molar-refractivity contribution in [3.05, 3.63) is 34.8 Å². The van der Waals surface area contributed by atoms with E-state index >= 15 is 0 Å². The SMILES string of the molecule is CC[C@@H](C(=O)NC1CCCC1)N(C(=O)c1snc(C(N)=O)c1N)c1cccc(OC)c1. The van der Waals surface area contributed by atoms with Gasteiger partial charge in [0.05, 0.1) is 12.8 Å². The highest BCUT2D eigenvalue weighted by molar-refractivity contribution is 7.09. The Hall–Kier alpha value is -3.14. The Morgan fingerprint density at radius 2 is 2.03 bits per heavy atom. The molecule has 5 N–H and O–H groups in total. The van der Waals surface area contributed by atoms with E-state index < -0.39 is 17.9 Å². The number of nitrogens with one attached hydrogen (secondary N) is 1. The zero-order chi connectivity index (χ0) is 22.5. The molecule has 10 heteroatoms. The molecule has 1 atom stereocenters. The Labute approximate surface area is 184 Å². The van der Waals surface area contributed by atoms with Crippen LogP contribution < -0.4 is 26.4 Å². The van der Waals surface area contributed by atoms with Gasteiger partial charge in [0, 0.05) is 17.8 Å². The molecular weight excluding hydrogens is 418 g/mol. The number of amides is 3. The van der Waals surface area contributed by atoms with E-state index in [4.69, 9.17) is 16.2 Å². The van der Waals surface area contributed by atoms with Gasteiger partial charge in [-0.05, 0) is 42.9 Å². The fourth-order valence-corrected chi connectivity index (χ4v) is 4.53. The minimum atomic E-state index is -0.813. The second kappa shape index (κ2) is 9.78. The lowest BCUT2D eigenvalue weighted by molar-refractivity contribution is -0.123. The third-order valence-electron chi connectivity index (χ3n) is 5.41. The summed E-state index contributed by atoms with van der Waals surface area (Å²) in [4.78, 5) is 39.8. The average molecular weight is 446 g/mol. The monoisotopic (exact) mass is 445 g/mol. The van der Waals surface area contributed by atoms with Gasteiger partial charge in [-0.15, -0.1) is 0 Å². The molecule has 1 aromatic heterocycles. The Kier molecular flexibility index (Phi) is 7.11. The van der Waals surface area contributed by atoms with Crippen LogP contribution in [-0.4, -0.2) is 41.3 Å². The lowest BCUT2D eigenvalue weighted by atomic mass is 10.1. The number of nitrogen functional groups attached to an aromatic ring is 1. The summed E-state index contributed by atoms with van der Waals surface area (Å²) in [7, 11) is 1.52. The Balaban J connectivity index is 2.01. The van der Waals surface area contributed by atoms with Gasteiger partial charge in [-0.2, -0.15) is 4.37 Å². The maximum absolute atomic E-state index is 13.6. The fraction of sp³-hybridized carbons (Fsp3) is 0.429. The van der Waals surface area contributed by atoms with Crippen molar-refractivity contribution in [3.63, 3.8) is 0 Å². The molecule has 0 saturated heterocycles. The molecule has 0 bridgehead atoms. The molecule has 0 spiro atoms. The van der Waals surface area contributed by atoms with Crippen molar-refractivity contribution >= 4 is 40.6 Å². The van der Waals surface area contributed by atoms with E-state index in [1.165, 1.54) is 12.0 Å². The van der Waals surface area contributed by atoms with Crippen molar-refractivity contribution < 1.29 is 19.1 Å². The number of hydrogen-bond acceptors (Lipinski definition) is 7. The fourth-order valence-electron chi connectivity index (χ4n) is 3.79. The number of anilines is 2. The normalized spacial score (nSPS) is 14.8.